The van der Waals surface area contributed by atoms with Gasteiger partial charge in [0.1, 0.15) is 5.75 Å². The number of aromatic hydroxyl groups is 1. The largest absolute Gasteiger partial charge is 0.508 e. The molecular weight excluding hydrogens is 332 g/mol. The Bertz CT molecular complexity index is 1140. The monoisotopic (exact) mass is 348 g/mol. The number of aromatic nitrogens is 3. The molecule has 26 heavy (non-hydrogen) atoms. The van der Waals surface area contributed by atoms with E-state index in [0.29, 0.717) is 28.4 Å². The van der Waals surface area contributed by atoms with Gasteiger partial charge >= 0.3 is 0 Å². The summed E-state index contributed by atoms with van der Waals surface area (Å²) in [5.41, 5.74) is 9.38. The van der Waals surface area contributed by atoms with Crippen LogP contribution in [0.5, 0.6) is 5.75 Å². The van der Waals surface area contributed by atoms with Crippen molar-refractivity contribution in [1.29, 1.82) is 0 Å². The Morgan fingerprint density at radius 3 is 2.77 bits per heavy atom. The van der Waals surface area contributed by atoms with E-state index in [-0.39, 0.29) is 11.3 Å². The first kappa shape index (κ1) is 15.9. The molecule has 4 rings (SSSR count). The van der Waals surface area contributed by atoms with E-state index in [9.17, 15) is 9.90 Å². The molecule has 0 aliphatic rings. The summed E-state index contributed by atoms with van der Waals surface area (Å²) in [7, 11) is 0. The average Bonchev–Trinajstić information content (AvgIpc) is 3.26. The van der Waals surface area contributed by atoms with Crippen LogP contribution in [0.1, 0.15) is 21.5 Å². The molecule has 7 heteroatoms. The number of nitrogens with zero attached hydrogens (tertiary/aromatic N) is 3. The summed E-state index contributed by atoms with van der Waals surface area (Å²) < 4.78 is 6.84. The second kappa shape index (κ2) is 5.73. The number of carbonyl (C=O) groups is 1. The van der Waals surface area contributed by atoms with Crippen LogP contribution in [0.4, 0.5) is 0 Å². The molecule has 0 saturated heterocycles. The molecule has 0 bridgehead atoms. The van der Waals surface area contributed by atoms with E-state index in [1.165, 1.54) is 10.8 Å². The number of amides is 1. The van der Waals surface area contributed by atoms with Crippen molar-refractivity contribution in [1.82, 2.24) is 14.6 Å². The van der Waals surface area contributed by atoms with Crippen LogP contribution in [0.2, 0.25) is 0 Å². The minimum absolute atomic E-state index is 0.182. The number of primary amides is 1. The topological polar surface area (TPSA) is 107 Å². The third-order valence-electron chi connectivity index (χ3n) is 4.37. The minimum atomic E-state index is -0.606. The summed E-state index contributed by atoms with van der Waals surface area (Å²) in [6.07, 6.45) is 3.29. The number of carbonyl (C=O) groups excluding carboxylic acids is 1. The quantitative estimate of drug-likeness (QED) is 0.592. The number of phenolic OH excluding ortho intramolecular Hbond substituents is 1. The van der Waals surface area contributed by atoms with Gasteiger partial charge in [-0.3, -0.25) is 4.79 Å². The molecule has 0 saturated carbocycles. The van der Waals surface area contributed by atoms with Crippen molar-refractivity contribution in [2.45, 2.75) is 13.8 Å². The number of benzene rings is 1. The average molecular weight is 348 g/mol. The van der Waals surface area contributed by atoms with E-state index in [1.54, 1.807) is 30.5 Å². The fourth-order valence-corrected chi connectivity index (χ4v) is 3.09. The van der Waals surface area contributed by atoms with Crippen LogP contribution in [-0.2, 0) is 0 Å². The lowest BCUT2D eigenvalue weighted by atomic mass is 9.95. The first-order valence-electron chi connectivity index (χ1n) is 7.99. The molecule has 0 aliphatic heterocycles. The van der Waals surface area contributed by atoms with Crippen molar-refractivity contribution >= 4 is 11.6 Å². The van der Waals surface area contributed by atoms with Gasteiger partial charge in [0, 0.05) is 11.8 Å². The Morgan fingerprint density at radius 2 is 2.08 bits per heavy atom. The zero-order valence-corrected chi connectivity index (χ0v) is 14.2. The molecule has 0 fully saturated rings. The van der Waals surface area contributed by atoms with E-state index in [4.69, 9.17) is 10.2 Å². The maximum atomic E-state index is 12.0. The number of aryl methyl sites for hydroxylation is 1. The summed E-state index contributed by atoms with van der Waals surface area (Å²) in [6.45, 7) is 3.76. The minimum Gasteiger partial charge on any atom is -0.508 e. The third-order valence-corrected chi connectivity index (χ3v) is 4.37. The van der Waals surface area contributed by atoms with Gasteiger partial charge in [0.2, 0.25) is 5.82 Å². The zero-order chi connectivity index (χ0) is 18.4. The number of furan rings is 1. The third kappa shape index (κ3) is 2.41. The Balaban J connectivity index is 2.01. The lowest BCUT2D eigenvalue weighted by molar-refractivity contribution is 0.100. The lowest BCUT2D eigenvalue weighted by Gasteiger charge is -2.12. The highest BCUT2D eigenvalue weighted by atomic mass is 16.3. The van der Waals surface area contributed by atoms with Crippen molar-refractivity contribution in [3.8, 4) is 28.5 Å². The second-order valence-electron chi connectivity index (χ2n) is 6.09. The molecule has 130 valence electrons. The number of rotatable bonds is 3. The highest BCUT2D eigenvalue weighted by Crippen LogP contribution is 2.33. The fraction of sp³-hybridized carbons (Fsp3) is 0.105. The molecule has 3 N–H and O–H groups in total. The molecule has 0 atom stereocenters. The summed E-state index contributed by atoms with van der Waals surface area (Å²) >= 11 is 0. The van der Waals surface area contributed by atoms with Crippen LogP contribution in [0.25, 0.3) is 28.4 Å². The van der Waals surface area contributed by atoms with Gasteiger partial charge in [-0.15, -0.1) is 5.10 Å². The standard InChI is InChI=1S/C19H16N4O3/c1-10-5-6-14(24)11(2)16(10)12-8-13(17(20)25)19-21-18(22-23(19)9-12)15-4-3-7-26-15/h3-9,24H,1-2H3,(H2,20,25). The number of pyridine rings is 1. The van der Waals surface area contributed by atoms with Crippen LogP contribution in [-0.4, -0.2) is 25.6 Å². The maximum absolute atomic E-state index is 12.0. The maximum Gasteiger partial charge on any atom is 0.252 e. The Morgan fingerprint density at radius 1 is 1.27 bits per heavy atom. The van der Waals surface area contributed by atoms with Gasteiger partial charge in [0.15, 0.2) is 11.4 Å². The molecule has 0 unspecified atom stereocenters. The number of phenols is 1. The van der Waals surface area contributed by atoms with Gasteiger partial charge < -0.3 is 15.3 Å². The fourth-order valence-electron chi connectivity index (χ4n) is 3.09. The molecule has 3 aromatic heterocycles. The van der Waals surface area contributed by atoms with Crippen LogP contribution in [0, 0.1) is 13.8 Å². The van der Waals surface area contributed by atoms with E-state index >= 15 is 0 Å². The summed E-state index contributed by atoms with van der Waals surface area (Å²) in [4.78, 5) is 16.4. The number of fused-ring (bicyclic) bond motifs is 1. The highest BCUT2D eigenvalue weighted by molar-refractivity contribution is 6.00. The van der Waals surface area contributed by atoms with Crippen molar-refractivity contribution in [3.05, 3.63) is 59.5 Å². The smallest absolute Gasteiger partial charge is 0.252 e. The second-order valence-corrected chi connectivity index (χ2v) is 6.09. The van der Waals surface area contributed by atoms with Crippen molar-refractivity contribution < 1.29 is 14.3 Å². The predicted octanol–water partition coefficient (Wildman–Crippen LogP) is 3.08. The van der Waals surface area contributed by atoms with Gasteiger partial charge in [0.05, 0.1) is 11.8 Å². The molecule has 4 aromatic rings. The summed E-state index contributed by atoms with van der Waals surface area (Å²) in [5, 5.41) is 14.5. The van der Waals surface area contributed by atoms with Crippen molar-refractivity contribution in [2.75, 3.05) is 0 Å². The van der Waals surface area contributed by atoms with Crippen molar-refractivity contribution in [2.24, 2.45) is 5.73 Å². The molecular formula is C19H16N4O3. The highest BCUT2D eigenvalue weighted by Gasteiger charge is 2.18. The van der Waals surface area contributed by atoms with E-state index in [0.717, 1.165) is 11.1 Å². The number of hydrogen-bond acceptors (Lipinski definition) is 5. The molecule has 0 radical (unpaired) electrons. The Hall–Kier alpha value is -3.61. The zero-order valence-electron chi connectivity index (χ0n) is 14.2. The van der Waals surface area contributed by atoms with Crippen LogP contribution >= 0.6 is 0 Å². The molecule has 1 amide bonds. The van der Waals surface area contributed by atoms with Crippen LogP contribution in [0.3, 0.4) is 0 Å². The van der Waals surface area contributed by atoms with Gasteiger partial charge in [-0.1, -0.05) is 6.07 Å². The Kier molecular flexibility index (Phi) is 3.50. The van der Waals surface area contributed by atoms with Crippen LogP contribution < -0.4 is 5.73 Å². The summed E-state index contributed by atoms with van der Waals surface area (Å²) in [5.74, 6) is 0.432. The molecule has 1 aromatic carbocycles. The predicted molar refractivity (Wildman–Crippen MR) is 95.8 cm³/mol. The van der Waals surface area contributed by atoms with E-state index in [1.807, 2.05) is 19.9 Å². The summed E-state index contributed by atoms with van der Waals surface area (Å²) in [6, 6.07) is 8.62. The SMILES string of the molecule is Cc1ccc(O)c(C)c1-c1cc(C(N)=O)c2nc(-c3ccco3)nn2c1. The van der Waals surface area contributed by atoms with E-state index < -0.39 is 5.91 Å². The van der Waals surface area contributed by atoms with E-state index in [2.05, 4.69) is 10.1 Å². The van der Waals surface area contributed by atoms with Gasteiger partial charge in [0.25, 0.3) is 5.91 Å². The van der Waals surface area contributed by atoms with Crippen molar-refractivity contribution in [3.63, 3.8) is 0 Å². The van der Waals surface area contributed by atoms with Gasteiger partial charge in [-0.05, 0) is 54.8 Å². The first-order chi connectivity index (χ1) is 12.5. The molecule has 3 heterocycles. The lowest BCUT2D eigenvalue weighted by Crippen LogP contribution is -2.13. The Labute approximate surface area is 148 Å². The van der Waals surface area contributed by atoms with Gasteiger partial charge in [-0.25, -0.2) is 9.50 Å². The van der Waals surface area contributed by atoms with Crippen LogP contribution in [0.15, 0.2) is 47.2 Å². The molecule has 0 spiro atoms. The molecule has 7 nitrogen and oxygen atoms in total. The molecule has 0 aliphatic carbocycles. The number of hydrogen-bond donors (Lipinski definition) is 2. The van der Waals surface area contributed by atoms with Gasteiger partial charge in [-0.2, -0.15) is 0 Å². The normalized spacial score (nSPS) is 11.2. The number of nitrogens with two attached hydrogens (primary N) is 1. The first-order valence-corrected chi connectivity index (χ1v) is 7.99.